The van der Waals surface area contributed by atoms with Gasteiger partial charge in [0.15, 0.2) is 0 Å². The van der Waals surface area contributed by atoms with Crippen LogP contribution in [-0.2, 0) is 9.53 Å². The maximum absolute atomic E-state index is 14.4. The highest BCUT2D eigenvalue weighted by Gasteiger charge is 2.47. The van der Waals surface area contributed by atoms with Crippen molar-refractivity contribution in [3.8, 4) is 6.07 Å². The summed E-state index contributed by atoms with van der Waals surface area (Å²) in [7, 11) is 0. The standard InChI is InChI=1S/C22H24ClFN4O3/c1-21(2,3)31-20(30)28-16(9-22(24)7-8-22)19(29)27-17(10-25)14-12-26-11-13-5-4-6-15(23)18(13)14/h4-6,11-12,16-17H,7-9H2,1-3H3,(H,27,29)(H,28,30)/t16-,17?/m0/s1. The second kappa shape index (κ2) is 8.67. The second-order valence-electron chi connectivity index (χ2n) is 8.69. The van der Waals surface area contributed by atoms with E-state index in [1.807, 2.05) is 6.07 Å². The molecular weight excluding hydrogens is 423 g/mol. The van der Waals surface area contributed by atoms with E-state index in [0.717, 1.165) is 0 Å². The molecule has 1 unspecified atom stereocenters. The first-order valence-electron chi connectivity index (χ1n) is 9.92. The number of ether oxygens (including phenoxy) is 1. The summed E-state index contributed by atoms with van der Waals surface area (Å²) in [5, 5.41) is 16.5. The molecule has 0 bridgehead atoms. The van der Waals surface area contributed by atoms with E-state index in [1.165, 1.54) is 6.20 Å². The molecule has 1 fully saturated rings. The number of nitrogens with zero attached hydrogens (tertiary/aromatic N) is 2. The van der Waals surface area contributed by atoms with Crippen LogP contribution < -0.4 is 10.6 Å². The largest absolute Gasteiger partial charge is 0.444 e. The van der Waals surface area contributed by atoms with Crippen molar-refractivity contribution in [3.05, 3.63) is 41.2 Å². The van der Waals surface area contributed by atoms with E-state index in [2.05, 4.69) is 15.6 Å². The minimum absolute atomic E-state index is 0.204. The Bertz CT molecular complexity index is 1040. The summed E-state index contributed by atoms with van der Waals surface area (Å²) >= 11 is 6.32. The van der Waals surface area contributed by atoms with Gasteiger partial charge in [0, 0.05) is 40.2 Å². The maximum Gasteiger partial charge on any atom is 0.408 e. The smallest absolute Gasteiger partial charge is 0.408 e. The monoisotopic (exact) mass is 446 g/mol. The molecule has 1 heterocycles. The Labute approximate surface area is 184 Å². The highest BCUT2D eigenvalue weighted by atomic mass is 35.5. The average molecular weight is 447 g/mol. The number of rotatable bonds is 6. The van der Waals surface area contributed by atoms with E-state index in [0.29, 0.717) is 34.2 Å². The van der Waals surface area contributed by atoms with E-state index in [-0.39, 0.29) is 6.42 Å². The molecule has 0 spiro atoms. The summed E-state index contributed by atoms with van der Waals surface area (Å²) in [5.74, 6) is -0.689. The Kier molecular flexibility index (Phi) is 6.37. The number of alkyl halides is 1. The molecule has 0 saturated heterocycles. The predicted molar refractivity (Wildman–Crippen MR) is 114 cm³/mol. The zero-order valence-corrected chi connectivity index (χ0v) is 18.3. The number of hydrogen-bond acceptors (Lipinski definition) is 5. The molecule has 2 amide bonds. The molecule has 7 nitrogen and oxygen atoms in total. The first kappa shape index (κ1) is 22.8. The van der Waals surface area contributed by atoms with Crippen LogP contribution in [0.2, 0.25) is 5.02 Å². The van der Waals surface area contributed by atoms with Gasteiger partial charge in [-0.1, -0.05) is 23.7 Å². The van der Waals surface area contributed by atoms with Crippen molar-refractivity contribution >= 4 is 34.4 Å². The number of carbonyl (C=O) groups excluding carboxylic acids is 2. The molecule has 164 valence electrons. The number of hydrogen-bond donors (Lipinski definition) is 2. The molecule has 2 aromatic rings. The molecule has 2 N–H and O–H groups in total. The molecule has 3 rings (SSSR count). The van der Waals surface area contributed by atoms with Crippen molar-refractivity contribution in [1.29, 1.82) is 5.26 Å². The molecule has 1 aliphatic carbocycles. The van der Waals surface area contributed by atoms with Crippen LogP contribution in [0.5, 0.6) is 0 Å². The van der Waals surface area contributed by atoms with E-state index in [9.17, 15) is 19.2 Å². The number of benzene rings is 1. The van der Waals surface area contributed by atoms with Crippen LogP contribution in [0.15, 0.2) is 30.6 Å². The van der Waals surface area contributed by atoms with Gasteiger partial charge in [0.2, 0.25) is 5.91 Å². The Hall–Kier alpha value is -2.92. The van der Waals surface area contributed by atoms with Crippen LogP contribution in [0.25, 0.3) is 10.8 Å². The fraction of sp³-hybridized carbons (Fsp3) is 0.455. The molecule has 2 atom stereocenters. The van der Waals surface area contributed by atoms with Crippen molar-refractivity contribution in [2.75, 3.05) is 0 Å². The Morgan fingerprint density at radius 2 is 2.03 bits per heavy atom. The molecule has 0 radical (unpaired) electrons. The van der Waals surface area contributed by atoms with Crippen molar-refractivity contribution < 1.29 is 18.7 Å². The third-order valence-corrected chi connectivity index (χ3v) is 5.17. The van der Waals surface area contributed by atoms with Gasteiger partial charge >= 0.3 is 6.09 Å². The minimum atomic E-state index is -1.51. The molecule has 1 aromatic heterocycles. The van der Waals surface area contributed by atoms with Gasteiger partial charge in [-0.15, -0.1) is 0 Å². The van der Waals surface area contributed by atoms with Gasteiger partial charge in [-0.25, -0.2) is 9.18 Å². The van der Waals surface area contributed by atoms with Crippen molar-refractivity contribution in [1.82, 2.24) is 15.6 Å². The molecule has 9 heteroatoms. The van der Waals surface area contributed by atoms with E-state index < -0.39 is 35.4 Å². The summed E-state index contributed by atoms with van der Waals surface area (Å²) in [4.78, 5) is 29.3. The predicted octanol–water partition coefficient (Wildman–Crippen LogP) is 4.35. The van der Waals surface area contributed by atoms with Gasteiger partial charge in [0.05, 0.1) is 6.07 Å². The molecule has 31 heavy (non-hydrogen) atoms. The summed E-state index contributed by atoms with van der Waals surface area (Å²) in [6, 6.07) is 4.96. The lowest BCUT2D eigenvalue weighted by Crippen LogP contribution is -2.50. The number of nitriles is 1. The van der Waals surface area contributed by atoms with Gasteiger partial charge in [-0.05, 0) is 39.7 Å². The van der Waals surface area contributed by atoms with Crippen LogP contribution in [-0.4, -0.2) is 34.3 Å². The number of halogens is 2. The number of pyridine rings is 1. The molecule has 0 aliphatic heterocycles. The van der Waals surface area contributed by atoms with Crippen LogP contribution in [0.1, 0.15) is 51.6 Å². The quantitative estimate of drug-likeness (QED) is 0.686. The maximum atomic E-state index is 14.4. The van der Waals surface area contributed by atoms with E-state index in [1.54, 1.807) is 45.2 Å². The normalized spacial score (nSPS) is 16.6. The van der Waals surface area contributed by atoms with Gasteiger partial charge in [-0.2, -0.15) is 5.26 Å². The lowest BCUT2D eigenvalue weighted by atomic mass is 10.0. The van der Waals surface area contributed by atoms with Gasteiger partial charge < -0.3 is 15.4 Å². The molecule has 1 aromatic carbocycles. The number of nitrogens with one attached hydrogen (secondary N) is 2. The van der Waals surface area contributed by atoms with Crippen molar-refractivity contribution in [3.63, 3.8) is 0 Å². The molecule has 1 aliphatic rings. The third kappa shape index (κ3) is 5.82. The topological polar surface area (TPSA) is 104 Å². The fourth-order valence-electron chi connectivity index (χ4n) is 3.22. The highest BCUT2D eigenvalue weighted by Crippen LogP contribution is 2.44. The van der Waals surface area contributed by atoms with Gasteiger partial charge in [-0.3, -0.25) is 9.78 Å². The number of amides is 2. The van der Waals surface area contributed by atoms with Crippen LogP contribution >= 0.6 is 11.6 Å². The Balaban J connectivity index is 1.83. The van der Waals surface area contributed by atoms with E-state index in [4.69, 9.17) is 16.3 Å². The van der Waals surface area contributed by atoms with Crippen LogP contribution in [0.3, 0.4) is 0 Å². The van der Waals surface area contributed by atoms with Gasteiger partial charge in [0.25, 0.3) is 0 Å². The number of carbonyl (C=O) groups is 2. The van der Waals surface area contributed by atoms with Crippen molar-refractivity contribution in [2.24, 2.45) is 0 Å². The lowest BCUT2D eigenvalue weighted by Gasteiger charge is -2.25. The third-order valence-electron chi connectivity index (χ3n) is 4.86. The first-order chi connectivity index (χ1) is 14.5. The summed E-state index contributed by atoms with van der Waals surface area (Å²) < 4.78 is 19.6. The summed E-state index contributed by atoms with van der Waals surface area (Å²) in [6.07, 6.45) is 2.66. The summed E-state index contributed by atoms with van der Waals surface area (Å²) in [5.41, 5.74) is -1.88. The lowest BCUT2D eigenvalue weighted by molar-refractivity contribution is -0.124. The highest BCUT2D eigenvalue weighted by molar-refractivity contribution is 6.35. The first-order valence-corrected chi connectivity index (χ1v) is 10.3. The van der Waals surface area contributed by atoms with Gasteiger partial charge in [0.1, 0.15) is 23.4 Å². The number of fused-ring (bicyclic) bond motifs is 1. The minimum Gasteiger partial charge on any atom is -0.444 e. The number of alkyl carbamates (subject to hydrolysis) is 1. The second-order valence-corrected chi connectivity index (χ2v) is 9.10. The molecular formula is C22H24ClFN4O3. The molecule has 1 saturated carbocycles. The van der Waals surface area contributed by atoms with Crippen molar-refractivity contribution in [2.45, 2.75) is 63.4 Å². The fourth-order valence-corrected chi connectivity index (χ4v) is 3.51. The zero-order chi connectivity index (χ0) is 22.8. The SMILES string of the molecule is CC(C)(C)OC(=O)N[C@@H](CC1(F)CC1)C(=O)NC(C#N)c1cncc2cccc(Cl)c12. The zero-order valence-electron chi connectivity index (χ0n) is 17.5. The average Bonchev–Trinajstić information content (AvgIpc) is 3.40. The number of aromatic nitrogens is 1. The van der Waals surface area contributed by atoms with E-state index >= 15 is 0 Å². The van der Waals surface area contributed by atoms with Crippen LogP contribution in [0, 0.1) is 11.3 Å². The summed E-state index contributed by atoms with van der Waals surface area (Å²) in [6.45, 7) is 5.05. The van der Waals surface area contributed by atoms with Crippen LogP contribution in [0.4, 0.5) is 9.18 Å². The Morgan fingerprint density at radius 1 is 1.32 bits per heavy atom. The Morgan fingerprint density at radius 3 is 2.65 bits per heavy atom.